The van der Waals surface area contributed by atoms with Gasteiger partial charge in [-0.15, -0.1) is 0 Å². The number of aliphatic carboxylic acids is 1. The molecule has 122 valence electrons. The van der Waals surface area contributed by atoms with E-state index in [1.54, 1.807) is 30.3 Å². The van der Waals surface area contributed by atoms with Gasteiger partial charge in [0.05, 0.1) is 13.4 Å². The Labute approximate surface area is 134 Å². The fraction of sp³-hybridized carbons (Fsp3) is 0.294. The number of hydrogen-bond acceptors (Lipinski definition) is 4. The summed E-state index contributed by atoms with van der Waals surface area (Å²) >= 11 is 0. The lowest BCUT2D eigenvalue weighted by molar-refractivity contribution is -0.145. The van der Waals surface area contributed by atoms with E-state index in [0.717, 1.165) is 0 Å². The third-order valence-corrected chi connectivity index (χ3v) is 3.64. The summed E-state index contributed by atoms with van der Waals surface area (Å²) < 4.78 is 10.1. The molecule has 0 unspecified atom stereocenters. The van der Waals surface area contributed by atoms with Crippen molar-refractivity contribution in [2.45, 2.75) is 25.3 Å². The van der Waals surface area contributed by atoms with Crippen molar-refractivity contribution in [2.24, 2.45) is 0 Å². The predicted molar refractivity (Wildman–Crippen MR) is 83.4 cm³/mol. The van der Waals surface area contributed by atoms with E-state index in [1.165, 1.54) is 19.4 Å². The molecule has 0 bridgehead atoms. The minimum Gasteiger partial charge on any atom is -0.497 e. The van der Waals surface area contributed by atoms with Crippen LogP contribution in [0, 0.1) is 0 Å². The molecular weight excluding hydrogens is 298 g/mol. The summed E-state index contributed by atoms with van der Waals surface area (Å²) in [7, 11) is 1.53. The molecule has 1 heterocycles. The van der Waals surface area contributed by atoms with Gasteiger partial charge in [0, 0.05) is 0 Å². The maximum absolute atomic E-state index is 12.3. The molecule has 1 atom stereocenters. The van der Waals surface area contributed by atoms with Crippen molar-refractivity contribution in [3.05, 3.63) is 54.0 Å². The molecule has 0 aliphatic heterocycles. The lowest BCUT2D eigenvalue weighted by Gasteiger charge is -2.30. The van der Waals surface area contributed by atoms with Crippen LogP contribution in [-0.4, -0.2) is 24.1 Å². The molecule has 2 N–H and O–H groups in total. The van der Waals surface area contributed by atoms with Gasteiger partial charge in [-0.3, -0.25) is 4.79 Å². The normalized spacial score (nSPS) is 13.1. The molecule has 2 rings (SSSR count). The van der Waals surface area contributed by atoms with E-state index < -0.39 is 17.4 Å². The quantitative estimate of drug-likeness (QED) is 0.819. The van der Waals surface area contributed by atoms with Crippen molar-refractivity contribution in [1.82, 2.24) is 5.32 Å². The average Bonchev–Trinajstić information content (AvgIpc) is 3.09. The van der Waals surface area contributed by atoms with Crippen molar-refractivity contribution in [1.29, 1.82) is 0 Å². The third-order valence-electron chi connectivity index (χ3n) is 3.64. The summed E-state index contributed by atoms with van der Waals surface area (Å²) in [5.74, 6) is -1.01. The highest BCUT2D eigenvalue weighted by atomic mass is 16.5. The SMILES string of the molecule is CCC[C@](NC(=O)c1ccco1)(C(=O)O)c1ccc(OC)cc1. The van der Waals surface area contributed by atoms with Gasteiger partial charge >= 0.3 is 5.97 Å². The van der Waals surface area contributed by atoms with Crippen LogP contribution in [-0.2, 0) is 10.3 Å². The Morgan fingerprint density at radius 3 is 2.43 bits per heavy atom. The van der Waals surface area contributed by atoms with Gasteiger partial charge in [-0.05, 0) is 36.2 Å². The van der Waals surface area contributed by atoms with Gasteiger partial charge in [0.1, 0.15) is 5.75 Å². The van der Waals surface area contributed by atoms with E-state index in [4.69, 9.17) is 9.15 Å². The molecule has 6 heteroatoms. The Morgan fingerprint density at radius 2 is 1.96 bits per heavy atom. The van der Waals surface area contributed by atoms with E-state index in [1.807, 2.05) is 6.92 Å². The zero-order chi connectivity index (χ0) is 16.9. The van der Waals surface area contributed by atoms with Crippen molar-refractivity contribution in [3.63, 3.8) is 0 Å². The van der Waals surface area contributed by atoms with Crippen LogP contribution in [0.1, 0.15) is 35.9 Å². The van der Waals surface area contributed by atoms with Gasteiger partial charge in [0.25, 0.3) is 5.91 Å². The van der Waals surface area contributed by atoms with Crippen LogP contribution in [0.15, 0.2) is 47.1 Å². The first-order valence-corrected chi connectivity index (χ1v) is 7.27. The zero-order valence-electron chi connectivity index (χ0n) is 13.0. The highest BCUT2D eigenvalue weighted by Crippen LogP contribution is 2.29. The number of carboxylic acid groups (broad SMARTS) is 1. The Kier molecular flexibility index (Phi) is 5.05. The van der Waals surface area contributed by atoms with Gasteiger partial charge < -0.3 is 19.6 Å². The molecule has 1 amide bonds. The monoisotopic (exact) mass is 317 g/mol. The lowest BCUT2D eigenvalue weighted by atomic mass is 9.85. The molecule has 2 aromatic rings. The predicted octanol–water partition coefficient (Wildman–Crippen LogP) is 2.80. The number of hydrogen-bond donors (Lipinski definition) is 2. The maximum Gasteiger partial charge on any atom is 0.334 e. The Morgan fingerprint density at radius 1 is 1.26 bits per heavy atom. The van der Waals surface area contributed by atoms with E-state index in [-0.39, 0.29) is 12.2 Å². The number of amides is 1. The fourth-order valence-corrected chi connectivity index (χ4v) is 2.48. The zero-order valence-corrected chi connectivity index (χ0v) is 13.0. The van der Waals surface area contributed by atoms with Crippen LogP contribution >= 0.6 is 0 Å². The molecule has 0 aliphatic carbocycles. The number of ether oxygens (including phenoxy) is 1. The lowest BCUT2D eigenvalue weighted by Crippen LogP contribution is -2.51. The number of benzene rings is 1. The summed E-state index contributed by atoms with van der Waals surface area (Å²) in [5.41, 5.74) is -1.04. The first kappa shape index (κ1) is 16.6. The van der Waals surface area contributed by atoms with Crippen LogP contribution < -0.4 is 10.1 Å². The molecule has 0 saturated carbocycles. The van der Waals surface area contributed by atoms with Crippen LogP contribution in [0.25, 0.3) is 0 Å². The molecular formula is C17H19NO5. The number of nitrogens with one attached hydrogen (secondary N) is 1. The Balaban J connectivity index is 2.41. The smallest absolute Gasteiger partial charge is 0.334 e. The molecule has 0 aliphatic rings. The molecule has 0 saturated heterocycles. The van der Waals surface area contributed by atoms with E-state index in [2.05, 4.69) is 5.32 Å². The molecule has 0 fully saturated rings. The van der Waals surface area contributed by atoms with E-state index >= 15 is 0 Å². The highest BCUT2D eigenvalue weighted by Gasteiger charge is 2.41. The Bertz CT molecular complexity index is 663. The minimum absolute atomic E-state index is 0.0697. The van der Waals surface area contributed by atoms with Crippen molar-refractivity contribution >= 4 is 11.9 Å². The summed E-state index contributed by atoms with van der Waals surface area (Å²) in [6.07, 6.45) is 2.20. The summed E-state index contributed by atoms with van der Waals surface area (Å²) in [6, 6.07) is 9.69. The summed E-state index contributed by atoms with van der Waals surface area (Å²) in [6.45, 7) is 1.86. The molecule has 0 radical (unpaired) electrons. The van der Waals surface area contributed by atoms with Crippen LogP contribution in [0.5, 0.6) is 5.75 Å². The van der Waals surface area contributed by atoms with Crippen molar-refractivity contribution in [3.8, 4) is 5.75 Å². The van der Waals surface area contributed by atoms with Crippen LogP contribution in [0.3, 0.4) is 0 Å². The third kappa shape index (κ3) is 3.36. The maximum atomic E-state index is 12.3. The molecule has 1 aromatic carbocycles. The van der Waals surface area contributed by atoms with Crippen molar-refractivity contribution < 1.29 is 23.8 Å². The summed E-state index contributed by atoms with van der Waals surface area (Å²) in [5, 5.41) is 12.4. The van der Waals surface area contributed by atoms with E-state index in [0.29, 0.717) is 17.7 Å². The van der Waals surface area contributed by atoms with Gasteiger partial charge in [-0.2, -0.15) is 0 Å². The number of furan rings is 1. The average molecular weight is 317 g/mol. The van der Waals surface area contributed by atoms with Gasteiger partial charge in [-0.25, -0.2) is 4.79 Å². The first-order valence-electron chi connectivity index (χ1n) is 7.27. The van der Waals surface area contributed by atoms with Crippen molar-refractivity contribution in [2.75, 3.05) is 7.11 Å². The number of methoxy groups -OCH3 is 1. The van der Waals surface area contributed by atoms with Crippen LogP contribution in [0.4, 0.5) is 0 Å². The number of carbonyl (C=O) groups excluding carboxylic acids is 1. The molecule has 23 heavy (non-hydrogen) atoms. The highest BCUT2D eigenvalue weighted by molar-refractivity contribution is 5.96. The standard InChI is InChI=1S/C17H19NO5/c1-3-10-17(16(20)21,12-6-8-13(22-2)9-7-12)18-15(19)14-5-4-11-23-14/h4-9,11H,3,10H2,1-2H3,(H,18,19)(H,20,21)/t17-/m1/s1. The number of carbonyl (C=O) groups is 2. The fourth-order valence-electron chi connectivity index (χ4n) is 2.48. The second-order valence-corrected chi connectivity index (χ2v) is 5.12. The largest absolute Gasteiger partial charge is 0.497 e. The molecule has 6 nitrogen and oxygen atoms in total. The topological polar surface area (TPSA) is 88.8 Å². The van der Waals surface area contributed by atoms with Gasteiger partial charge in [0.15, 0.2) is 11.3 Å². The summed E-state index contributed by atoms with van der Waals surface area (Å²) in [4.78, 5) is 24.3. The molecule has 0 spiro atoms. The van der Waals surface area contributed by atoms with Gasteiger partial charge in [0.2, 0.25) is 0 Å². The second-order valence-electron chi connectivity index (χ2n) is 5.12. The van der Waals surface area contributed by atoms with Crippen LogP contribution in [0.2, 0.25) is 0 Å². The number of carboxylic acids is 1. The first-order chi connectivity index (χ1) is 11.0. The number of rotatable bonds is 7. The molecule has 1 aromatic heterocycles. The van der Waals surface area contributed by atoms with Gasteiger partial charge in [-0.1, -0.05) is 25.5 Å². The minimum atomic E-state index is -1.52. The Hall–Kier alpha value is -2.76. The van der Waals surface area contributed by atoms with E-state index in [9.17, 15) is 14.7 Å². The second kappa shape index (κ2) is 7.00.